The largest absolute Gasteiger partial charge is 0.477 e. The number of hydrogen-bond donors (Lipinski definition) is 0. The van der Waals surface area contributed by atoms with E-state index in [4.69, 9.17) is 4.74 Å². The van der Waals surface area contributed by atoms with Gasteiger partial charge in [-0.2, -0.15) is 18.2 Å². The van der Waals surface area contributed by atoms with Gasteiger partial charge >= 0.3 is 6.18 Å². The Kier molecular flexibility index (Phi) is 3.59. The quantitative estimate of drug-likeness (QED) is 0.855. The average Bonchev–Trinajstić information content (AvgIpc) is 2.91. The Hall–Kier alpha value is -2.39. The molecule has 0 saturated carbocycles. The first kappa shape index (κ1) is 14.5. The minimum absolute atomic E-state index is 0.137. The number of rotatable bonds is 3. The zero-order chi connectivity index (χ0) is 15.7. The van der Waals surface area contributed by atoms with Gasteiger partial charge in [-0.3, -0.25) is 4.98 Å². The van der Waals surface area contributed by atoms with Crippen molar-refractivity contribution in [3.8, 4) is 5.88 Å². The van der Waals surface area contributed by atoms with Crippen LogP contribution in [0.2, 0.25) is 0 Å². The number of hydrogen-bond acceptors (Lipinski definition) is 6. The minimum atomic E-state index is -4.50. The van der Waals surface area contributed by atoms with Crippen molar-refractivity contribution >= 4 is 5.82 Å². The molecule has 118 valence electrons. The molecular formula is C12H13F3N6O. The van der Waals surface area contributed by atoms with E-state index in [0.29, 0.717) is 24.8 Å². The number of fused-ring (bicyclic) bond motifs is 1. The molecule has 22 heavy (non-hydrogen) atoms. The maximum absolute atomic E-state index is 12.8. The third kappa shape index (κ3) is 2.68. The third-order valence-corrected chi connectivity index (χ3v) is 3.22. The van der Waals surface area contributed by atoms with E-state index in [0.717, 1.165) is 4.57 Å². The lowest BCUT2D eigenvalue weighted by Gasteiger charge is -2.28. The monoisotopic (exact) mass is 314 g/mol. The first-order valence-electron chi connectivity index (χ1n) is 6.68. The van der Waals surface area contributed by atoms with Gasteiger partial charge in [-0.25, -0.2) is 0 Å². The normalized spacial score (nSPS) is 14.8. The molecule has 1 aliphatic heterocycles. The zero-order valence-electron chi connectivity index (χ0n) is 11.7. The fourth-order valence-electron chi connectivity index (χ4n) is 2.27. The smallest absolute Gasteiger partial charge is 0.451 e. The molecule has 7 nitrogen and oxygen atoms in total. The van der Waals surface area contributed by atoms with Gasteiger partial charge in [0, 0.05) is 13.1 Å². The number of alkyl halides is 3. The van der Waals surface area contributed by atoms with Crippen LogP contribution in [-0.4, -0.2) is 37.9 Å². The first-order chi connectivity index (χ1) is 10.5. The Labute approximate surface area is 123 Å². The van der Waals surface area contributed by atoms with Gasteiger partial charge in [-0.15, -0.1) is 10.2 Å². The minimum Gasteiger partial charge on any atom is -0.477 e. The van der Waals surface area contributed by atoms with Crippen LogP contribution in [0, 0.1) is 0 Å². The van der Waals surface area contributed by atoms with Crippen LogP contribution in [0.15, 0.2) is 12.4 Å². The maximum atomic E-state index is 12.8. The lowest BCUT2D eigenvalue weighted by atomic mass is 10.3. The molecule has 0 saturated heterocycles. The molecule has 3 rings (SSSR count). The van der Waals surface area contributed by atoms with Gasteiger partial charge in [0.05, 0.1) is 25.5 Å². The predicted molar refractivity (Wildman–Crippen MR) is 69.3 cm³/mol. The topological polar surface area (TPSA) is 69.0 Å². The lowest BCUT2D eigenvalue weighted by molar-refractivity contribution is -0.147. The molecule has 0 radical (unpaired) electrons. The van der Waals surface area contributed by atoms with E-state index in [1.807, 2.05) is 6.92 Å². The van der Waals surface area contributed by atoms with Crippen molar-refractivity contribution in [1.82, 2.24) is 24.7 Å². The molecule has 0 amide bonds. The van der Waals surface area contributed by atoms with Crippen molar-refractivity contribution in [2.45, 2.75) is 26.2 Å². The number of nitrogens with zero attached hydrogens (tertiary/aromatic N) is 6. The second kappa shape index (κ2) is 5.43. The number of aromatic nitrogens is 5. The molecule has 0 N–H and O–H groups in total. The summed E-state index contributed by atoms with van der Waals surface area (Å²) in [5.41, 5.74) is 0. The van der Waals surface area contributed by atoms with Crippen LogP contribution in [0.1, 0.15) is 18.6 Å². The van der Waals surface area contributed by atoms with Gasteiger partial charge in [0.15, 0.2) is 11.6 Å². The molecule has 0 unspecified atom stereocenters. The molecule has 1 aliphatic rings. The highest BCUT2D eigenvalue weighted by atomic mass is 19.4. The van der Waals surface area contributed by atoms with Crippen molar-refractivity contribution in [2.75, 3.05) is 18.1 Å². The Balaban J connectivity index is 1.83. The van der Waals surface area contributed by atoms with Crippen LogP contribution < -0.4 is 9.64 Å². The summed E-state index contributed by atoms with van der Waals surface area (Å²) in [4.78, 5) is 10.1. The maximum Gasteiger partial charge on any atom is 0.451 e. The lowest BCUT2D eigenvalue weighted by Crippen LogP contribution is -2.35. The fraction of sp³-hybridized carbons (Fsp3) is 0.500. The van der Waals surface area contributed by atoms with Gasteiger partial charge in [0.2, 0.25) is 11.7 Å². The van der Waals surface area contributed by atoms with Crippen LogP contribution >= 0.6 is 0 Å². The molecule has 0 atom stereocenters. The Morgan fingerprint density at radius 3 is 2.77 bits per heavy atom. The summed E-state index contributed by atoms with van der Waals surface area (Å²) in [5.74, 6) is 0.204. The Morgan fingerprint density at radius 1 is 1.23 bits per heavy atom. The summed E-state index contributed by atoms with van der Waals surface area (Å²) in [7, 11) is 0. The third-order valence-electron chi connectivity index (χ3n) is 3.22. The molecule has 0 spiro atoms. The van der Waals surface area contributed by atoms with Crippen LogP contribution in [0.25, 0.3) is 0 Å². The van der Waals surface area contributed by atoms with E-state index in [1.54, 1.807) is 11.1 Å². The van der Waals surface area contributed by atoms with Crippen LogP contribution in [-0.2, 0) is 19.3 Å². The van der Waals surface area contributed by atoms with Crippen molar-refractivity contribution in [1.29, 1.82) is 0 Å². The van der Waals surface area contributed by atoms with Gasteiger partial charge in [-0.1, -0.05) is 0 Å². The molecular weight excluding hydrogens is 301 g/mol. The van der Waals surface area contributed by atoms with E-state index in [1.165, 1.54) is 6.20 Å². The first-order valence-corrected chi connectivity index (χ1v) is 6.68. The summed E-state index contributed by atoms with van der Waals surface area (Å²) in [5, 5.41) is 6.87. The van der Waals surface area contributed by atoms with E-state index in [2.05, 4.69) is 20.2 Å². The molecule has 0 bridgehead atoms. The number of anilines is 1. The number of halogens is 3. The van der Waals surface area contributed by atoms with Crippen molar-refractivity contribution < 1.29 is 17.9 Å². The van der Waals surface area contributed by atoms with E-state index >= 15 is 0 Å². The SMILES string of the molecule is CCOc1cncc(N2CCn3c(nnc3C(F)(F)F)C2)n1. The highest BCUT2D eigenvalue weighted by Gasteiger charge is 2.39. The van der Waals surface area contributed by atoms with Crippen molar-refractivity contribution in [2.24, 2.45) is 0 Å². The van der Waals surface area contributed by atoms with E-state index in [9.17, 15) is 13.2 Å². The van der Waals surface area contributed by atoms with Gasteiger partial charge in [0.25, 0.3) is 0 Å². The van der Waals surface area contributed by atoms with Gasteiger partial charge < -0.3 is 14.2 Å². The summed E-state index contributed by atoms with van der Waals surface area (Å²) in [6.45, 7) is 2.97. The fourth-order valence-corrected chi connectivity index (χ4v) is 2.27. The van der Waals surface area contributed by atoms with Crippen molar-refractivity contribution in [3.63, 3.8) is 0 Å². The Morgan fingerprint density at radius 2 is 2.05 bits per heavy atom. The van der Waals surface area contributed by atoms with E-state index < -0.39 is 12.0 Å². The standard InChI is InChI=1S/C12H13F3N6O/c1-2-22-10-6-16-5-8(17-10)20-3-4-21-9(7-20)18-19-11(21)12(13,14)15/h5-6H,2-4,7H2,1H3. The molecule has 3 heterocycles. The average molecular weight is 314 g/mol. The van der Waals surface area contributed by atoms with Gasteiger partial charge in [0.1, 0.15) is 0 Å². The molecule has 0 fully saturated rings. The summed E-state index contributed by atoms with van der Waals surface area (Å²) in [6.07, 6.45) is -1.47. The highest BCUT2D eigenvalue weighted by Crippen LogP contribution is 2.30. The molecule has 0 aliphatic carbocycles. The molecule has 10 heteroatoms. The zero-order valence-corrected chi connectivity index (χ0v) is 11.7. The van der Waals surface area contributed by atoms with Gasteiger partial charge in [-0.05, 0) is 6.92 Å². The molecule has 0 aromatic carbocycles. The van der Waals surface area contributed by atoms with Crippen LogP contribution in [0.5, 0.6) is 5.88 Å². The Bertz CT molecular complexity index is 671. The summed E-state index contributed by atoms with van der Waals surface area (Å²) in [6, 6.07) is 0. The second-order valence-electron chi connectivity index (χ2n) is 4.66. The predicted octanol–water partition coefficient (Wildman–Crippen LogP) is 1.51. The van der Waals surface area contributed by atoms with Crippen LogP contribution in [0.3, 0.4) is 0 Å². The van der Waals surface area contributed by atoms with Crippen molar-refractivity contribution in [3.05, 3.63) is 24.0 Å². The van der Waals surface area contributed by atoms with E-state index in [-0.39, 0.29) is 18.9 Å². The highest BCUT2D eigenvalue weighted by molar-refractivity contribution is 5.38. The second-order valence-corrected chi connectivity index (χ2v) is 4.66. The van der Waals surface area contributed by atoms with Crippen LogP contribution in [0.4, 0.5) is 19.0 Å². The number of ether oxygens (including phenoxy) is 1. The summed E-state index contributed by atoms with van der Waals surface area (Å²) >= 11 is 0. The summed E-state index contributed by atoms with van der Waals surface area (Å²) < 4.78 is 44.7. The molecule has 2 aromatic rings. The molecule has 2 aromatic heterocycles.